The predicted octanol–water partition coefficient (Wildman–Crippen LogP) is 4.32. The van der Waals surface area contributed by atoms with Gasteiger partial charge in [0.2, 0.25) is 0 Å². The van der Waals surface area contributed by atoms with Crippen molar-refractivity contribution in [1.82, 2.24) is 9.47 Å². The molecule has 5 heteroatoms. The van der Waals surface area contributed by atoms with Crippen LogP contribution in [0.3, 0.4) is 0 Å². The van der Waals surface area contributed by atoms with E-state index in [9.17, 15) is 4.79 Å². The summed E-state index contributed by atoms with van der Waals surface area (Å²) < 4.78 is 2.79. The molecule has 0 bridgehead atoms. The molecule has 0 unspecified atom stereocenters. The summed E-state index contributed by atoms with van der Waals surface area (Å²) in [7, 11) is 0. The van der Waals surface area contributed by atoms with Crippen molar-refractivity contribution in [2.75, 3.05) is 6.54 Å². The van der Waals surface area contributed by atoms with Crippen LogP contribution in [0.15, 0.2) is 41.4 Å². The van der Waals surface area contributed by atoms with Crippen LogP contribution >= 0.6 is 24.0 Å². The zero-order valence-electron chi connectivity index (χ0n) is 13.4. The van der Waals surface area contributed by atoms with E-state index >= 15 is 0 Å². The molecule has 1 aliphatic heterocycles. The molecule has 1 aromatic carbocycles. The third-order valence-electron chi connectivity index (χ3n) is 4.00. The molecule has 1 aromatic heterocycles. The number of benzene rings is 1. The smallest absolute Gasteiger partial charge is 0.266 e. The minimum atomic E-state index is 0.00811. The lowest BCUT2D eigenvalue weighted by Crippen LogP contribution is -2.27. The Morgan fingerprint density at radius 3 is 2.52 bits per heavy atom. The van der Waals surface area contributed by atoms with Crippen LogP contribution < -0.4 is 0 Å². The largest absolute Gasteiger partial charge is 0.320 e. The van der Waals surface area contributed by atoms with Gasteiger partial charge in [0.05, 0.1) is 4.91 Å². The van der Waals surface area contributed by atoms with Gasteiger partial charge < -0.3 is 4.57 Å². The Balaban J connectivity index is 2.02. The lowest BCUT2D eigenvalue weighted by atomic mass is 10.1. The lowest BCUT2D eigenvalue weighted by molar-refractivity contribution is -0.121. The van der Waals surface area contributed by atoms with Crippen LogP contribution in [0.4, 0.5) is 0 Å². The molecular weight excluding hydrogens is 324 g/mol. The molecule has 1 amide bonds. The Bertz CT molecular complexity index is 806. The number of amides is 1. The third kappa shape index (κ3) is 2.86. The van der Waals surface area contributed by atoms with Crippen molar-refractivity contribution >= 4 is 40.3 Å². The number of likely N-dealkylation sites (N-methyl/N-ethyl adjacent to an activating group) is 1. The minimum Gasteiger partial charge on any atom is -0.320 e. The fourth-order valence-electron chi connectivity index (χ4n) is 2.75. The number of hydrogen-bond donors (Lipinski definition) is 0. The van der Waals surface area contributed by atoms with Gasteiger partial charge in [-0.25, -0.2) is 0 Å². The van der Waals surface area contributed by atoms with E-state index in [1.807, 2.05) is 31.2 Å². The van der Waals surface area contributed by atoms with Crippen molar-refractivity contribution in [1.29, 1.82) is 0 Å². The molecule has 0 radical (unpaired) electrons. The standard InChI is InChI=1S/C18H18N2OS2/c1-4-19-17(21)16(23-18(19)22)10-15-12(2)11-20(13(15)3)14-8-6-5-7-9-14/h5-11H,4H2,1-3H3. The topological polar surface area (TPSA) is 25.2 Å². The maximum absolute atomic E-state index is 12.4. The summed E-state index contributed by atoms with van der Waals surface area (Å²) in [6, 6.07) is 10.2. The van der Waals surface area contributed by atoms with Gasteiger partial charge in [-0.2, -0.15) is 0 Å². The van der Waals surface area contributed by atoms with Gasteiger partial charge in [0.1, 0.15) is 4.32 Å². The summed E-state index contributed by atoms with van der Waals surface area (Å²) in [5.74, 6) is 0.00811. The average molecular weight is 342 g/mol. The molecule has 2 aromatic rings. The van der Waals surface area contributed by atoms with Gasteiger partial charge in [0.15, 0.2) is 0 Å². The Morgan fingerprint density at radius 2 is 1.91 bits per heavy atom. The quantitative estimate of drug-likeness (QED) is 0.614. The van der Waals surface area contributed by atoms with Crippen LogP contribution in [0.1, 0.15) is 23.7 Å². The summed E-state index contributed by atoms with van der Waals surface area (Å²) >= 11 is 6.66. The van der Waals surface area contributed by atoms with Crippen molar-refractivity contribution in [2.45, 2.75) is 20.8 Å². The SMILES string of the molecule is CCN1C(=O)C(=Cc2c(C)cn(-c3ccccc3)c2C)SC1=S. The second kappa shape index (κ2) is 6.34. The van der Waals surface area contributed by atoms with Gasteiger partial charge in [-0.05, 0) is 50.1 Å². The highest BCUT2D eigenvalue weighted by molar-refractivity contribution is 8.26. The highest BCUT2D eigenvalue weighted by Gasteiger charge is 2.31. The van der Waals surface area contributed by atoms with Gasteiger partial charge in [-0.1, -0.05) is 42.2 Å². The number of carbonyl (C=O) groups is 1. The lowest BCUT2D eigenvalue weighted by Gasteiger charge is -2.09. The second-order valence-electron chi connectivity index (χ2n) is 5.44. The first-order chi connectivity index (χ1) is 11.0. The predicted molar refractivity (Wildman–Crippen MR) is 101 cm³/mol. The molecule has 0 N–H and O–H groups in total. The number of thioether (sulfide) groups is 1. The first kappa shape index (κ1) is 16.0. The summed E-state index contributed by atoms with van der Waals surface area (Å²) in [6.07, 6.45) is 4.08. The van der Waals surface area contributed by atoms with Crippen molar-refractivity contribution in [3.63, 3.8) is 0 Å². The van der Waals surface area contributed by atoms with E-state index < -0.39 is 0 Å². The van der Waals surface area contributed by atoms with Crippen LogP contribution in [0.2, 0.25) is 0 Å². The molecule has 1 saturated heterocycles. The Morgan fingerprint density at radius 1 is 1.22 bits per heavy atom. The number of nitrogens with zero attached hydrogens (tertiary/aromatic N) is 2. The summed E-state index contributed by atoms with van der Waals surface area (Å²) in [5, 5.41) is 0. The summed E-state index contributed by atoms with van der Waals surface area (Å²) in [6.45, 7) is 6.70. The minimum absolute atomic E-state index is 0.00811. The van der Waals surface area contributed by atoms with E-state index in [0.717, 1.165) is 22.5 Å². The molecule has 3 rings (SSSR count). The van der Waals surface area contributed by atoms with Crippen LogP contribution in [0, 0.1) is 13.8 Å². The fourth-order valence-corrected chi connectivity index (χ4v) is 4.12. The zero-order valence-corrected chi connectivity index (χ0v) is 15.0. The van der Waals surface area contributed by atoms with Gasteiger partial charge in [0, 0.05) is 24.1 Å². The molecular formula is C18H18N2OS2. The van der Waals surface area contributed by atoms with E-state index in [0.29, 0.717) is 15.8 Å². The average Bonchev–Trinajstić information content (AvgIpc) is 2.98. The van der Waals surface area contributed by atoms with Crippen molar-refractivity contribution in [3.8, 4) is 5.69 Å². The second-order valence-corrected chi connectivity index (χ2v) is 7.12. The number of aromatic nitrogens is 1. The Kier molecular flexibility index (Phi) is 4.41. The van der Waals surface area contributed by atoms with Crippen molar-refractivity contribution in [3.05, 3.63) is 58.3 Å². The number of thiocarbonyl (C=S) groups is 1. The van der Waals surface area contributed by atoms with Crippen molar-refractivity contribution in [2.24, 2.45) is 0 Å². The molecule has 2 heterocycles. The highest BCUT2D eigenvalue weighted by atomic mass is 32.2. The van der Waals surface area contributed by atoms with Crippen LogP contribution in [-0.4, -0.2) is 26.2 Å². The van der Waals surface area contributed by atoms with Gasteiger partial charge >= 0.3 is 0 Å². The molecule has 3 nitrogen and oxygen atoms in total. The molecule has 0 aliphatic carbocycles. The molecule has 23 heavy (non-hydrogen) atoms. The van der Waals surface area contributed by atoms with Crippen LogP contribution in [0.5, 0.6) is 0 Å². The fraction of sp³-hybridized carbons (Fsp3) is 0.222. The van der Waals surface area contributed by atoms with Crippen LogP contribution in [-0.2, 0) is 4.79 Å². The van der Waals surface area contributed by atoms with Gasteiger partial charge in [-0.15, -0.1) is 0 Å². The number of rotatable bonds is 3. The Labute approximate surface area is 146 Å². The van der Waals surface area contributed by atoms with E-state index in [-0.39, 0.29) is 5.91 Å². The molecule has 118 valence electrons. The molecule has 1 fully saturated rings. The summed E-state index contributed by atoms with van der Waals surface area (Å²) in [4.78, 5) is 14.7. The molecule has 0 atom stereocenters. The monoisotopic (exact) mass is 342 g/mol. The molecule has 0 saturated carbocycles. The van der Waals surface area contributed by atoms with E-state index in [1.165, 1.54) is 11.8 Å². The number of aryl methyl sites for hydroxylation is 1. The number of para-hydroxylation sites is 1. The van der Waals surface area contributed by atoms with E-state index in [1.54, 1.807) is 4.90 Å². The molecule has 1 aliphatic rings. The van der Waals surface area contributed by atoms with E-state index in [2.05, 4.69) is 36.7 Å². The van der Waals surface area contributed by atoms with Crippen LogP contribution in [0.25, 0.3) is 11.8 Å². The van der Waals surface area contributed by atoms with Crippen molar-refractivity contribution < 1.29 is 4.79 Å². The maximum atomic E-state index is 12.4. The third-order valence-corrected chi connectivity index (χ3v) is 5.38. The normalized spacial score (nSPS) is 16.7. The first-order valence-electron chi connectivity index (χ1n) is 7.52. The molecule has 0 spiro atoms. The summed E-state index contributed by atoms with van der Waals surface area (Å²) in [5.41, 5.74) is 4.47. The number of carbonyl (C=O) groups excluding carboxylic acids is 1. The Hall–Kier alpha value is -1.85. The zero-order chi connectivity index (χ0) is 16.6. The number of hydrogen-bond acceptors (Lipinski definition) is 3. The highest BCUT2D eigenvalue weighted by Crippen LogP contribution is 2.34. The maximum Gasteiger partial charge on any atom is 0.266 e. The van der Waals surface area contributed by atoms with Gasteiger partial charge in [0.25, 0.3) is 5.91 Å². The van der Waals surface area contributed by atoms with Gasteiger partial charge in [-0.3, -0.25) is 9.69 Å². The van der Waals surface area contributed by atoms with E-state index in [4.69, 9.17) is 12.2 Å². The first-order valence-corrected chi connectivity index (χ1v) is 8.74.